The van der Waals surface area contributed by atoms with Gasteiger partial charge in [0.05, 0.1) is 40.4 Å². The van der Waals surface area contributed by atoms with E-state index >= 15 is 0 Å². The topological polar surface area (TPSA) is 162 Å². The zero-order valence-electron chi connectivity index (χ0n) is 50.4. The standard InChI is InChI=1S/C61H134O8Si5/c1-70(47-31-15-7-23-39-63,46-30-14-5-6-22-38-62)54-58-74(59-55-71(2,48-32-16-8-24-40-64)49-33-17-9-25-41-65,60-56-72(3,50-34-18-10-26-42-66)51-35-19-11-27-43-67)61-57-73(4,52-36-20-12-28-44-68)53-37-21-13-29-45-69/h62-69H,5-61H2,1-4H3. The number of hydrogen-bond acceptors (Lipinski definition) is 8. The summed E-state index contributed by atoms with van der Waals surface area (Å²) in [5.41, 5.74) is 0. The van der Waals surface area contributed by atoms with Crippen LogP contribution in [-0.4, -0.2) is 134 Å². The molecule has 0 rings (SSSR count). The van der Waals surface area contributed by atoms with E-state index in [0.717, 1.165) is 103 Å². The van der Waals surface area contributed by atoms with Crippen LogP contribution in [0, 0.1) is 0 Å². The van der Waals surface area contributed by atoms with Crippen LogP contribution in [0.4, 0.5) is 0 Å². The summed E-state index contributed by atoms with van der Waals surface area (Å²) in [5, 5.41) is 77.2. The molecule has 0 spiro atoms. The van der Waals surface area contributed by atoms with Crippen LogP contribution in [0.1, 0.15) is 212 Å². The van der Waals surface area contributed by atoms with Crippen LogP contribution in [0.5, 0.6) is 0 Å². The molecule has 0 heterocycles. The van der Waals surface area contributed by atoms with Gasteiger partial charge in [0.1, 0.15) is 0 Å². The van der Waals surface area contributed by atoms with Gasteiger partial charge in [0.15, 0.2) is 0 Å². The van der Waals surface area contributed by atoms with E-state index in [-0.39, 0.29) is 0 Å². The molecule has 446 valence electrons. The van der Waals surface area contributed by atoms with Gasteiger partial charge in [-0.3, -0.25) is 0 Å². The van der Waals surface area contributed by atoms with Crippen molar-refractivity contribution >= 4 is 40.4 Å². The largest absolute Gasteiger partial charge is 0.396 e. The molecule has 8 N–H and O–H groups in total. The maximum atomic E-state index is 9.67. The van der Waals surface area contributed by atoms with Crippen LogP contribution in [0.3, 0.4) is 0 Å². The molecule has 0 aliphatic heterocycles. The molecule has 0 saturated heterocycles. The summed E-state index contributed by atoms with van der Waals surface area (Å²) in [7, 11) is -8.18. The molecule has 0 aromatic heterocycles. The molecule has 0 aliphatic carbocycles. The Morgan fingerprint density at radius 3 is 0.405 bits per heavy atom. The second-order valence-electron chi connectivity index (χ2n) is 26.2. The smallest absolute Gasteiger partial charge is 0.0524 e. The maximum absolute atomic E-state index is 9.67. The molecular weight excluding hydrogens is 1000 g/mol. The van der Waals surface area contributed by atoms with Gasteiger partial charge in [0.25, 0.3) is 0 Å². The summed E-state index contributed by atoms with van der Waals surface area (Å²) in [5.74, 6) is 0. The summed E-state index contributed by atoms with van der Waals surface area (Å²) in [6.45, 7) is 13.8. The average Bonchev–Trinajstić information content (AvgIpc) is 3.39. The van der Waals surface area contributed by atoms with Crippen LogP contribution in [-0.2, 0) is 0 Å². The lowest BCUT2D eigenvalue weighted by molar-refractivity contribution is 0.282. The van der Waals surface area contributed by atoms with Crippen molar-refractivity contribution in [2.75, 3.05) is 52.9 Å². The van der Waals surface area contributed by atoms with Gasteiger partial charge in [0.2, 0.25) is 0 Å². The molecule has 13 heteroatoms. The maximum Gasteiger partial charge on any atom is 0.0524 e. The Labute approximate surface area is 466 Å². The van der Waals surface area contributed by atoms with E-state index in [2.05, 4.69) is 26.2 Å². The predicted molar refractivity (Wildman–Crippen MR) is 338 cm³/mol. The normalized spacial score (nSPS) is 13.6. The van der Waals surface area contributed by atoms with Crippen LogP contribution in [0.15, 0.2) is 0 Å². The van der Waals surface area contributed by atoms with Gasteiger partial charge in [-0.1, -0.05) is 283 Å². The Kier molecular flexibility index (Phi) is 51.2. The highest BCUT2D eigenvalue weighted by Gasteiger charge is 2.42. The first-order valence-corrected chi connectivity index (χ1v) is 48.0. The SMILES string of the molecule is C[Si](CCCCCCO)(CCCCCCO)CC[Si](CC[Si](C)(CCCCCCO)CCCCCCO)(CC[Si](C)(CCCCCCO)CCCCCCO)CC[Si](C)(CCCCCCO)CCCCCCCO. The average molecular weight is 1140 g/mol. The van der Waals surface area contributed by atoms with Crippen molar-refractivity contribution in [1.82, 2.24) is 0 Å². The third kappa shape index (κ3) is 42.6. The van der Waals surface area contributed by atoms with Gasteiger partial charge < -0.3 is 40.9 Å². The Morgan fingerprint density at radius 1 is 0.149 bits per heavy atom. The van der Waals surface area contributed by atoms with Crippen molar-refractivity contribution in [2.45, 2.75) is 335 Å². The Morgan fingerprint density at radius 2 is 0.270 bits per heavy atom. The minimum atomic E-state index is -1.84. The van der Waals surface area contributed by atoms with Crippen LogP contribution in [0.2, 0.25) is 123 Å². The molecule has 0 amide bonds. The zero-order valence-corrected chi connectivity index (χ0v) is 55.4. The first kappa shape index (κ1) is 74.8. The van der Waals surface area contributed by atoms with Crippen molar-refractivity contribution in [3.8, 4) is 0 Å². The Balaban J connectivity index is 7.69. The van der Waals surface area contributed by atoms with E-state index in [1.165, 1.54) is 182 Å². The summed E-state index contributed by atoms with van der Waals surface area (Å²) in [6.07, 6.45) is 38.5. The van der Waals surface area contributed by atoms with Gasteiger partial charge in [0, 0.05) is 52.9 Å². The quantitative estimate of drug-likeness (QED) is 0.0221. The van der Waals surface area contributed by atoms with E-state index in [1.807, 2.05) is 0 Å². The van der Waals surface area contributed by atoms with E-state index < -0.39 is 40.4 Å². The van der Waals surface area contributed by atoms with Crippen molar-refractivity contribution in [3.05, 3.63) is 0 Å². The summed E-state index contributed by atoms with van der Waals surface area (Å²) in [4.78, 5) is 0. The second kappa shape index (κ2) is 50.7. The van der Waals surface area contributed by atoms with Crippen LogP contribution in [0.25, 0.3) is 0 Å². The molecule has 0 fully saturated rings. The summed E-state index contributed by atoms with van der Waals surface area (Å²) >= 11 is 0. The Bertz CT molecular complexity index is 1030. The minimum Gasteiger partial charge on any atom is -0.396 e. The van der Waals surface area contributed by atoms with Gasteiger partial charge in [-0.2, -0.15) is 0 Å². The molecule has 0 radical (unpaired) electrons. The van der Waals surface area contributed by atoms with E-state index in [4.69, 9.17) is 0 Å². The highest BCUT2D eigenvalue weighted by atomic mass is 28.3. The number of aliphatic hydroxyl groups is 8. The number of unbranched alkanes of at least 4 members (excludes halogenated alkanes) is 25. The molecule has 0 aromatic carbocycles. The predicted octanol–water partition coefficient (Wildman–Crippen LogP) is 16.6. The van der Waals surface area contributed by atoms with Gasteiger partial charge in [-0.15, -0.1) is 0 Å². The number of hydrogen-bond donors (Lipinski definition) is 8. The van der Waals surface area contributed by atoms with Gasteiger partial charge in [-0.05, 0) is 51.4 Å². The molecule has 0 saturated carbocycles. The summed E-state index contributed by atoms with van der Waals surface area (Å²) < 4.78 is 0. The van der Waals surface area contributed by atoms with E-state index in [9.17, 15) is 40.9 Å². The zero-order chi connectivity index (χ0) is 54.8. The molecular formula is C61H134O8Si5. The molecule has 0 aromatic rings. The van der Waals surface area contributed by atoms with E-state index in [0.29, 0.717) is 52.9 Å². The lowest BCUT2D eigenvalue weighted by Gasteiger charge is -2.43. The second-order valence-corrected chi connectivity index (χ2v) is 51.7. The lowest BCUT2D eigenvalue weighted by atomic mass is 10.2. The fourth-order valence-corrected chi connectivity index (χ4v) is 44.3. The first-order valence-electron chi connectivity index (χ1n) is 32.7. The van der Waals surface area contributed by atoms with E-state index in [1.54, 1.807) is 24.2 Å². The van der Waals surface area contributed by atoms with Crippen molar-refractivity contribution in [2.24, 2.45) is 0 Å². The van der Waals surface area contributed by atoms with Gasteiger partial charge >= 0.3 is 0 Å². The van der Waals surface area contributed by atoms with Crippen LogP contribution < -0.4 is 0 Å². The molecule has 0 aliphatic rings. The fraction of sp³-hybridized carbons (Fsp3) is 1.00. The van der Waals surface area contributed by atoms with Crippen molar-refractivity contribution in [3.63, 3.8) is 0 Å². The summed E-state index contributed by atoms with van der Waals surface area (Å²) in [6, 6.07) is 23.7. The highest BCUT2D eigenvalue weighted by Crippen LogP contribution is 2.45. The molecule has 1 atom stereocenters. The van der Waals surface area contributed by atoms with Crippen molar-refractivity contribution in [1.29, 1.82) is 0 Å². The molecule has 74 heavy (non-hydrogen) atoms. The monoisotopic (exact) mass is 1130 g/mol. The molecule has 0 bridgehead atoms. The fourth-order valence-electron chi connectivity index (χ4n) is 12.8. The van der Waals surface area contributed by atoms with Gasteiger partial charge in [-0.25, -0.2) is 0 Å². The Hall–Kier alpha value is 0.764. The third-order valence-corrected chi connectivity index (χ3v) is 44.3. The van der Waals surface area contributed by atoms with Crippen LogP contribution >= 0.6 is 0 Å². The van der Waals surface area contributed by atoms with Crippen molar-refractivity contribution < 1.29 is 40.9 Å². The first-order chi connectivity index (χ1) is 35.8. The molecule has 8 nitrogen and oxygen atoms in total. The minimum absolute atomic E-state index is 0.309. The molecule has 1 unspecified atom stereocenters. The third-order valence-electron chi connectivity index (χ3n) is 18.8. The lowest BCUT2D eigenvalue weighted by Crippen LogP contribution is -2.45. The number of aliphatic hydroxyl groups excluding tert-OH is 8. The highest BCUT2D eigenvalue weighted by molar-refractivity contribution is 6.90. The number of rotatable bonds is 61.